The topological polar surface area (TPSA) is 42.2 Å². The molecule has 0 atom stereocenters. The summed E-state index contributed by atoms with van der Waals surface area (Å²) >= 11 is 0. The maximum atomic E-state index is 6.05. The molecular formula is C15H21N3. The number of rotatable bonds is 5. The van der Waals surface area contributed by atoms with Gasteiger partial charge < -0.3 is 5.73 Å². The zero-order valence-electron chi connectivity index (χ0n) is 11.2. The fourth-order valence-corrected chi connectivity index (χ4v) is 2.21. The van der Waals surface area contributed by atoms with Crippen molar-refractivity contribution >= 4 is 16.7 Å². The van der Waals surface area contributed by atoms with E-state index >= 15 is 0 Å². The average Bonchev–Trinajstić information content (AvgIpc) is 2.39. The van der Waals surface area contributed by atoms with E-state index in [1.807, 2.05) is 18.2 Å². The molecule has 0 aliphatic rings. The minimum atomic E-state index is 0.656. The molecule has 0 bridgehead atoms. The number of nitrogen functional groups attached to an aromatic ring is 1. The molecule has 0 aliphatic heterocycles. The van der Waals surface area contributed by atoms with Gasteiger partial charge in [-0.25, -0.2) is 4.98 Å². The van der Waals surface area contributed by atoms with Gasteiger partial charge in [-0.3, -0.25) is 4.90 Å². The fraction of sp³-hybridized carbons (Fsp3) is 0.400. The standard InChI is InChI=1S/C15H21N3/c1-3-9-18(4-2)11-13-10-12-7-5-6-8-14(12)17-15(13)16/h5-8,10H,3-4,9,11H2,1-2H3,(H2,16,17). The summed E-state index contributed by atoms with van der Waals surface area (Å²) in [5.41, 5.74) is 8.15. The quantitative estimate of drug-likeness (QED) is 0.877. The second kappa shape index (κ2) is 5.83. The number of fused-ring (bicyclic) bond motifs is 1. The number of para-hydroxylation sites is 1. The molecule has 0 amide bonds. The zero-order valence-corrected chi connectivity index (χ0v) is 11.2. The molecule has 1 aromatic carbocycles. The van der Waals surface area contributed by atoms with Crippen molar-refractivity contribution in [1.29, 1.82) is 0 Å². The number of aromatic nitrogens is 1. The first-order valence-electron chi connectivity index (χ1n) is 6.61. The molecule has 2 N–H and O–H groups in total. The summed E-state index contributed by atoms with van der Waals surface area (Å²) in [6.45, 7) is 7.40. The van der Waals surface area contributed by atoms with Crippen LogP contribution in [0.15, 0.2) is 30.3 Å². The van der Waals surface area contributed by atoms with Gasteiger partial charge in [-0.15, -0.1) is 0 Å². The van der Waals surface area contributed by atoms with Crippen LogP contribution in [0.1, 0.15) is 25.8 Å². The van der Waals surface area contributed by atoms with Crippen LogP contribution in [0, 0.1) is 0 Å². The van der Waals surface area contributed by atoms with Gasteiger partial charge >= 0.3 is 0 Å². The summed E-state index contributed by atoms with van der Waals surface area (Å²) in [5, 5.41) is 1.16. The van der Waals surface area contributed by atoms with Crippen LogP contribution in [0.3, 0.4) is 0 Å². The lowest BCUT2D eigenvalue weighted by Gasteiger charge is -2.20. The molecule has 18 heavy (non-hydrogen) atoms. The van der Waals surface area contributed by atoms with Crippen LogP contribution in [-0.4, -0.2) is 23.0 Å². The third-order valence-electron chi connectivity index (χ3n) is 3.22. The lowest BCUT2D eigenvalue weighted by Crippen LogP contribution is -2.24. The van der Waals surface area contributed by atoms with E-state index in [0.717, 1.165) is 42.5 Å². The predicted octanol–water partition coefficient (Wildman–Crippen LogP) is 3.05. The normalized spacial score (nSPS) is 11.3. The summed E-state index contributed by atoms with van der Waals surface area (Å²) in [6, 6.07) is 10.3. The molecule has 2 rings (SSSR count). The largest absolute Gasteiger partial charge is 0.383 e. The molecule has 0 spiro atoms. The van der Waals surface area contributed by atoms with Crippen LogP contribution in [-0.2, 0) is 6.54 Å². The van der Waals surface area contributed by atoms with E-state index in [1.54, 1.807) is 0 Å². The third-order valence-corrected chi connectivity index (χ3v) is 3.22. The highest BCUT2D eigenvalue weighted by Gasteiger charge is 2.08. The Morgan fingerprint density at radius 3 is 2.72 bits per heavy atom. The molecule has 0 fully saturated rings. The Bertz CT molecular complexity index is 522. The molecule has 1 heterocycles. The van der Waals surface area contributed by atoms with Crippen molar-refractivity contribution in [3.05, 3.63) is 35.9 Å². The molecule has 2 aromatic rings. The first-order valence-corrected chi connectivity index (χ1v) is 6.61. The first-order chi connectivity index (χ1) is 8.74. The number of hydrogen-bond donors (Lipinski definition) is 1. The Morgan fingerprint density at radius 2 is 2.00 bits per heavy atom. The van der Waals surface area contributed by atoms with Crippen LogP contribution in [0.2, 0.25) is 0 Å². The summed E-state index contributed by atoms with van der Waals surface area (Å²) < 4.78 is 0. The Morgan fingerprint density at radius 1 is 1.22 bits per heavy atom. The molecule has 1 aromatic heterocycles. The molecule has 3 heteroatoms. The van der Waals surface area contributed by atoms with E-state index in [9.17, 15) is 0 Å². The van der Waals surface area contributed by atoms with Gasteiger partial charge in [0.1, 0.15) is 5.82 Å². The number of pyridine rings is 1. The highest BCUT2D eigenvalue weighted by atomic mass is 15.1. The molecule has 0 aliphatic carbocycles. The minimum absolute atomic E-state index is 0.656. The fourth-order valence-electron chi connectivity index (χ4n) is 2.21. The first kappa shape index (κ1) is 12.8. The van der Waals surface area contributed by atoms with Crippen molar-refractivity contribution in [3.8, 4) is 0 Å². The molecule has 0 saturated carbocycles. The summed E-state index contributed by atoms with van der Waals surface area (Å²) in [7, 11) is 0. The molecule has 3 nitrogen and oxygen atoms in total. The van der Waals surface area contributed by atoms with Gasteiger partial charge in [0.15, 0.2) is 0 Å². The minimum Gasteiger partial charge on any atom is -0.383 e. The second-order valence-corrected chi connectivity index (χ2v) is 4.59. The number of hydrogen-bond acceptors (Lipinski definition) is 3. The summed E-state index contributed by atoms with van der Waals surface area (Å²) in [5.74, 6) is 0.656. The number of benzene rings is 1. The highest BCUT2D eigenvalue weighted by molar-refractivity contribution is 5.81. The van der Waals surface area contributed by atoms with Gasteiger partial charge in [-0.05, 0) is 31.6 Å². The summed E-state index contributed by atoms with van der Waals surface area (Å²) in [6.07, 6.45) is 1.16. The lowest BCUT2D eigenvalue weighted by molar-refractivity contribution is 0.281. The van der Waals surface area contributed by atoms with Gasteiger partial charge in [0.25, 0.3) is 0 Å². The smallest absolute Gasteiger partial charge is 0.128 e. The second-order valence-electron chi connectivity index (χ2n) is 4.59. The molecule has 0 unspecified atom stereocenters. The Kier molecular flexibility index (Phi) is 4.15. The van der Waals surface area contributed by atoms with E-state index in [-0.39, 0.29) is 0 Å². The number of anilines is 1. The molecule has 96 valence electrons. The maximum Gasteiger partial charge on any atom is 0.128 e. The van der Waals surface area contributed by atoms with E-state index in [1.165, 1.54) is 0 Å². The van der Waals surface area contributed by atoms with E-state index in [2.05, 4.69) is 35.9 Å². The number of nitrogens with zero attached hydrogens (tertiary/aromatic N) is 2. The van der Waals surface area contributed by atoms with Gasteiger partial charge in [-0.1, -0.05) is 32.0 Å². The van der Waals surface area contributed by atoms with Gasteiger partial charge in [-0.2, -0.15) is 0 Å². The van der Waals surface area contributed by atoms with Crippen molar-refractivity contribution in [2.75, 3.05) is 18.8 Å². The SMILES string of the molecule is CCCN(CC)Cc1cc2ccccc2nc1N. The lowest BCUT2D eigenvalue weighted by atomic mass is 10.1. The Balaban J connectivity index is 2.29. The number of nitrogens with two attached hydrogens (primary N) is 1. The van der Waals surface area contributed by atoms with Gasteiger partial charge in [0, 0.05) is 17.5 Å². The Labute approximate surface area is 109 Å². The summed E-state index contributed by atoms with van der Waals surface area (Å²) in [4.78, 5) is 6.87. The van der Waals surface area contributed by atoms with Crippen molar-refractivity contribution in [2.45, 2.75) is 26.8 Å². The zero-order chi connectivity index (χ0) is 13.0. The van der Waals surface area contributed by atoms with Crippen molar-refractivity contribution in [1.82, 2.24) is 9.88 Å². The van der Waals surface area contributed by atoms with Gasteiger partial charge in [0.2, 0.25) is 0 Å². The van der Waals surface area contributed by atoms with E-state index in [0.29, 0.717) is 5.82 Å². The van der Waals surface area contributed by atoms with Crippen LogP contribution >= 0.6 is 0 Å². The van der Waals surface area contributed by atoms with Crippen molar-refractivity contribution in [3.63, 3.8) is 0 Å². The van der Waals surface area contributed by atoms with E-state index in [4.69, 9.17) is 5.73 Å². The molecule has 0 saturated heterocycles. The monoisotopic (exact) mass is 243 g/mol. The highest BCUT2D eigenvalue weighted by Crippen LogP contribution is 2.19. The Hall–Kier alpha value is -1.61. The van der Waals surface area contributed by atoms with Crippen LogP contribution < -0.4 is 5.73 Å². The van der Waals surface area contributed by atoms with Crippen LogP contribution in [0.5, 0.6) is 0 Å². The predicted molar refractivity (Wildman–Crippen MR) is 77.4 cm³/mol. The molecule has 0 radical (unpaired) electrons. The third kappa shape index (κ3) is 2.79. The average molecular weight is 243 g/mol. The van der Waals surface area contributed by atoms with E-state index < -0.39 is 0 Å². The van der Waals surface area contributed by atoms with Crippen molar-refractivity contribution in [2.24, 2.45) is 0 Å². The van der Waals surface area contributed by atoms with Crippen LogP contribution in [0.25, 0.3) is 10.9 Å². The van der Waals surface area contributed by atoms with Crippen LogP contribution in [0.4, 0.5) is 5.82 Å². The maximum absolute atomic E-state index is 6.05. The molecular weight excluding hydrogens is 222 g/mol. The van der Waals surface area contributed by atoms with Crippen molar-refractivity contribution < 1.29 is 0 Å². The van der Waals surface area contributed by atoms with Gasteiger partial charge in [0.05, 0.1) is 5.52 Å².